The number of hydrogen-bond donors (Lipinski definition) is 2. The molecule has 182 valence electrons. The Morgan fingerprint density at radius 1 is 1.14 bits per heavy atom. The van der Waals surface area contributed by atoms with Crippen LogP contribution in [-0.4, -0.2) is 52.1 Å². The van der Waals surface area contributed by atoms with E-state index in [1.807, 2.05) is 70.1 Å². The van der Waals surface area contributed by atoms with E-state index in [0.717, 1.165) is 33.8 Å². The number of ether oxygens (including phenoxy) is 1. The molecule has 3 N–H and O–H groups in total. The van der Waals surface area contributed by atoms with Gasteiger partial charge in [-0.2, -0.15) is 5.26 Å². The van der Waals surface area contributed by atoms with Gasteiger partial charge < -0.3 is 15.8 Å². The number of amides is 1. The predicted molar refractivity (Wildman–Crippen MR) is 137 cm³/mol. The highest BCUT2D eigenvalue weighted by atomic mass is 16.5. The first-order valence-electron chi connectivity index (χ1n) is 11.8. The van der Waals surface area contributed by atoms with Crippen LogP contribution in [0, 0.1) is 11.3 Å². The van der Waals surface area contributed by atoms with Crippen LogP contribution in [0.2, 0.25) is 0 Å². The van der Waals surface area contributed by atoms with Crippen LogP contribution in [0.4, 0.5) is 11.6 Å². The predicted octanol–water partition coefficient (Wildman–Crippen LogP) is 3.49. The average Bonchev–Trinajstić information content (AvgIpc) is 3.32. The minimum atomic E-state index is -0.573. The summed E-state index contributed by atoms with van der Waals surface area (Å²) in [7, 11) is 1.65. The van der Waals surface area contributed by atoms with Crippen LogP contribution in [0.1, 0.15) is 18.4 Å². The molecule has 36 heavy (non-hydrogen) atoms. The van der Waals surface area contributed by atoms with Crippen molar-refractivity contribution >= 4 is 23.1 Å². The summed E-state index contributed by atoms with van der Waals surface area (Å²) in [4.78, 5) is 17.7. The molecule has 1 saturated heterocycles. The second kappa shape index (κ2) is 9.68. The van der Waals surface area contributed by atoms with Crippen LogP contribution >= 0.6 is 0 Å². The highest BCUT2D eigenvalue weighted by molar-refractivity contribution is 5.76. The van der Waals surface area contributed by atoms with Crippen molar-refractivity contribution in [3.8, 4) is 23.1 Å². The first-order valence-corrected chi connectivity index (χ1v) is 11.8. The van der Waals surface area contributed by atoms with Gasteiger partial charge in [-0.25, -0.2) is 9.50 Å². The Morgan fingerprint density at radius 2 is 1.89 bits per heavy atom. The van der Waals surface area contributed by atoms with Crippen LogP contribution in [0.15, 0.2) is 66.9 Å². The number of nitrogens with one attached hydrogen (secondary N) is 1. The maximum atomic E-state index is 11.2. The van der Waals surface area contributed by atoms with Crippen LogP contribution in [-0.2, 0) is 10.2 Å². The SMILES string of the molecule is COc1ccccc1-c1ccc2cnc(Nc3ccc(C4(C#N)CCN(CC(N)=O)CC4)cc3)nn12. The van der Waals surface area contributed by atoms with Crippen molar-refractivity contribution in [3.05, 3.63) is 72.4 Å². The Hall–Kier alpha value is -4.42. The van der Waals surface area contributed by atoms with Gasteiger partial charge in [0.25, 0.3) is 0 Å². The lowest BCUT2D eigenvalue weighted by molar-refractivity contribution is -0.119. The summed E-state index contributed by atoms with van der Waals surface area (Å²) in [5, 5.41) is 18.0. The number of piperidine rings is 1. The number of nitrogens with two attached hydrogens (primary N) is 1. The van der Waals surface area contributed by atoms with E-state index in [-0.39, 0.29) is 12.5 Å². The first kappa shape index (κ1) is 23.3. The van der Waals surface area contributed by atoms with Crippen molar-refractivity contribution in [2.45, 2.75) is 18.3 Å². The Morgan fingerprint density at radius 3 is 2.58 bits per heavy atom. The number of nitriles is 1. The van der Waals surface area contributed by atoms with Gasteiger partial charge in [0.05, 0.1) is 42.5 Å². The van der Waals surface area contributed by atoms with Gasteiger partial charge >= 0.3 is 0 Å². The zero-order valence-electron chi connectivity index (χ0n) is 20.0. The molecular formula is C27H27N7O2. The Balaban J connectivity index is 1.35. The lowest BCUT2D eigenvalue weighted by Gasteiger charge is -2.37. The maximum Gasteiger partial charge on any atom is 0.245 e. The molecule has 0 spiro atoms. The third-order valence-corrected chi connectivity index (χ3v) is 6.78. The number of likely N-dealkylation sites (tertiary alicyclic amines) is 1. The fraction of sp³-hybridized carbons (Fsp3) is 0.259. The summed E-state index contributed by atoms with van der Waals surface area (Å²) in [6.07, 6.45) is 3.08. The van der Waals surface area contributed by atoms with E-state index >= 15 is 0 Å². The van der Waals surface area contributed by atoms with Crippen molar-refractivity contribution in [1.29, 1.82) is 5.26 Å². The zero-order valence-corrected chi connectivity index (χ0v) is 20.0. The molecule has 1 amide bonds. The average molecular weight is 482 g/mol. The quantitative estimate of drug-likeness (QED) is 0.414. The molecule has 0 atom stereocenters. The largest absolute Gasteiger partial charge is 0.496 e. The number of fused-ring (bicyclic) bond motifs is 1. The third kappa shape index (κ3) is 4.46. The van der Waals surface area contributed by atoms with Crippen molar-refractivity contribution in [1.82, 2.24) is 19.5 Å². The number of methoxy groups -OCH3 is 1. The summed E-state index contributed by atoms with van der Waals surface area (Å²) in [5.41, 5.74) is 9.25. The normalized spacial score (nSPS) is 15.3. The Labute approximate surface area is 209 Å². The molecule has 1 aliphatic rings. The number of para-hydroxylation sites is 1. The van der Waals surface area contributed by atoms with Gasteiger partial charge in [-0.3, -0.25) is 9.69 Å². The molecule has 4 aromatic rings. The molecule has 9 nitrogen and oxygen atoms in total. The van der Waals surface area contributed by atoms with E-state index in [1.54, 1.807) is 13.3 Å². The van der Waals surface area contributed by atoms with Crippen LogP contribution in [0.25, 0.3) is 16.8 Å². The summed E-state index contributed by atoms with van der Waals surface area (Å²) in [5.74, 6) is 0.885. The smallest absolute Gasteiger partial charge is 0.245 e. The van der Waals surface area contributed by atoms with Gasteiger partial charge in [-0.15, -0.1) is 5.10 Å². The maximum absolute atomic E-state index is 11.2. The van der Waals surface area contributed by atoms with Crippen molar-refractivity contribution in [2.75, 3.05) is 32.1 Å². The number of hydrogen-bond acceptors (Lipinski definition) is 7. The molecule has 0 aliphatic carbocycles. The monoisotopic (exact) mass is 481 g/mol. The van der Waals surface area contributed by atoms with E-state index < -0.39 is 5.41 Å². The molecule has 2 aromatic heterocycles. The van der Waals surface area contributed by atoms with E-state index in [9.17, 15) is 10.1 Å². The fourth-order valence-electron chi connectivity index (χ4n) is 4.80. The summed E-state index contributed by atoms with van der Waals surface area (Å²) in [6, 6.07) is 22.1. The van der Waals surface area contributed by atoms with Gasteiger partial charge in [-0.1, -0.05) is 24.3 Å². The van der Waals surface area contributed by atoms with Crippen LogP contribution < -0.4 is 15.8 Å². The number of carbonyl (C=O) groups is 1. The van der Waals surface area contributed by atoms with Crippen LogP contribution in [0.5, 0.6) is 5.75 Å². The zero-order chi connectivity index (χ0) is 25.1. The molecule has 2 aromatic carbocycles. The lowest BCUT2D eigenvalue weighted by atomic mass is 9.74. The molecule has 5 rings (SSSR count). The summed E-state index contributed by atoms with van der Waals surface area (Å²) in [6.45, 7) is 1.56. The number of anilines is 2. The third-order valence-electron chi connectivity index (χ3n) is 6.78. The molecule has 1 aliphatic heterocycles. The fourth-order valence-corrected chi connectivity index (χ4v) is 4.80. The Kier molecular flexibility index (Phi) is 6.27. The van der Waals surface area contributed by atoms with Crippen molar-refractivity contribution in [3.63, 3.8) is 0 Å². The highest BCUT2D eigenvalue weighted by Gasteiger charge is 2.36. The van der Waals surface area contributed by atoms with E-state index in [1.165, 1.54) is 0 Å². The van der Waals surface area contributed by atoms with Crippen molar-refractivity contribution in [2.24, 2.45) is 5.73 Å². The second-order valence-corrected chi connectivity index (χ2v) is 8.98. The molecule has 9 heteroatoms. The van der Waals surface area contributed by atoms with Crippen LogP contribution in [0.3, 0.4) is 0 Å². The van der Waals surface area contributed by atoms with Gasteiger partial charge in [0, 0.05) is 24.3 Å². The van der Waals surface area contributed by atoms with Crippen molar-refractivity contribution < 1.29 is 9.53 Å². The number of rotatable bonds is 7. The molecule has 0 radical (unpaired) electrons. The number of carbonyl (C=O) groups excluding carboxylic acids is 1. The summed E-state index contributed by atoms with van der Waals surface area (Å²) >= 11 is 0. The van der Waals surface area contributed by atoms with Gasteiger partial charge in [0.1, 0.15) is 5.75 Å². The van der Waals surface area contributed by atoms with E-state index in [0.29, 0.717) is 31.9 Å². The van der Waals surface area contributed by atoms with Gasteiger partial charge in [-0.05, 0) is 54.8 Å². The standard InChI is InChI=1S/C27H27N7O2/c1-36-24-5-3-2-4-22(24)23-11-10-21-16-30-26(32-34(21)23)31-20-8-6-19(7-9-20)27(18-28)12-14-33(15-13-27)17-25(29)35/h2-11,16H,12-15,17H2,1H3,(H2,29,35)(H,31,32). The van der Waals surface area contributed by atoms with Gasteiger partial charge in [0.15, 0.2) is 0 Å². The van der Waals surface area contributed by atoms with E-state index in [4.69, 9.17) is 15.6 Å². The summed E-state index contributed by atoms with van der Waals surface area (Å²) < 4.78 is 7.37. The van der Waals surface area contributed by atoms with E-state index in [2.05, 4.69) is 16.4 Å². The number of nitrogens with zero attached hydrogens (tertiary/aromatic N) is 5. The number of benzene rings is 2. The first-order chi connectivity index (χ1) is 17.5. The van der Waals surface area contributed by atoms with Gasteiger partial charge in [0.2, 0.25) is 11.9 Å². The second-order valence-electron chi connectivity index (χ2n) is 8.98. The topological polar surface area (TPSA) is 122 Å². The Bertz CT molecular complexity index is 1430. The molecule has 3 heterocycles. The molecule has 0 unspecified atom stereocenters. The minimum Gasteiger partial charge on any atom is -0.496 e. The molecule has 0 saturated carbocycles. The molecule has 0 bridgehead atoms. The molecular weight excluding hydrogens is 454 g/mol. The minimum absolute atomic E-state index is 0.231. The molecule has 1 fully saturated rings. The number of primary amides is 1. The highest BCUT2D eigenvalue weighted by Crippen LogP contribution is 2.36. The number of aromatic nitrogens is 3. The lowest BCUT2D eigenvalue weighted by Crippen LogP contribution is -2.45.